The number of nitrogens with one attached hydrogen (secondary N) is 1. The van der Waals surface area contributed by atoms with Crippen molar-refractivity contribution in [3.63, 3.8) is 0 Å². The molecule has 2 heterocycles. The van der Waals surface area contributed by atoms with Crippen molar-refractivity contribution < 1.29 is 4.74 Å². The van der Waals surface area contributed by atoms with Gasteiger partial charge in [-0.15, -0.1) is 0 Å². The highest BCUT2D eigenvalue weighted by atomic mass is 16.5. The molecule has 28 heavy (non-hydrogen) atoms. The summed E-state index contributed by atoms with van der Waals surface area (Å²) < 4.78 is 5.31. The zero-order chi connectivity index (χ0) is 19.2. The second-order valence-corrected chi connectivity index (χ2v) is 7.02. The lowest BCUT2D eigenvalue weighted by Crippen LogP contribution is -2.20. The second-order valence-electron chi connectivity index (χ2n) is 7.02. The first-order chi connectivity index (χ1) is 13.8. The van der Waals surface area contributed by atoms with Gasteiger partial charge in [0, 0.05) is 31.3 Å². The first kappa shape index (κ1) is 18.3. The third-order valence-corrected chi connectivity index (χ3v) is 5.03. The minimum absolute atomic E-state index is 0.772. The number of ether oxygens (including phenoxy) is 1. The molecule has 0 aliphatic carbocycles. The topological polar surface area (TPSA) is 50.3 Å². The minimum atomic E-state index is 0.772. The smallest absolute Gasteiger partial charge is 0.163 e. The molecule has 0 bridgehead atoms. The van der Waals surface area contributed by atoms with Gasteiger partial charge in [-0.3, -0.25) is 0 Å². The van der Waals surface area contributed by atoms with E-state index in [0.717, 1.165) is 54.8 Å². The lowest BCUT2D eigenvalue weighted by atomic mass is 10.1. The van der Waals surface area contributed by atoms with Crippen molar-refractivity contribution in [3.05, 3.63) is 66.2 Å². The van der Waals surface area contributed by atoms with Gasteiger partial charge in [-0.25, -0.2) is 9.97 Å². The molecule has 1 fully saturated rings. The summed E-state index contributed by atoms with van der Waals surface area (Å²) in [5.74, 6) is 3.55. The number of nitrogens with zero attached hydrogens (tertiary/aromatic N) is 3. The van der Waals surface area contributed by atoms with Crippen LogP contribution in [0.3, 0.4) is 0 Å². The van der Waals surface area contributed by atoms with E-state index in [0.29, 0.717) is 0 Å². The van der Waals surface area contributed by atoms with Crippen LogP contribution in [0.5, 0.6) is 5.75 Å². The fourth-order valence-corrected chi connectivity index (χ4v) is 3.51. The Morgan fingerprint density at radius 3 is 2.57 bits per heavy atom. The zero-order valence-corrected chi connectivity index (χ0v) is 16.3. The highest BCUT2D eigenvalue weighted by molar-refractivity contribution is 5.62. The molecule has 0 radical (unpaired) electrons. The van der Waals surface area contributed by atoms with Gasteiger partial charge in [-0.1, -0.05) is 42.5 Å². The Balaban J connectivity index is 1.52. The Morgan fingerprint density at radius 2 is 1.79 bits per heavy atom. The van der Waals surface area contributed by atoms with E-state index in [-0.39, 0.29) is 0 Å². The molecule has 0 unspecified atom stereocenters. The van der Waals surface area contributed by atoms with Crippen LogP contribution in [0.2, 0.25) is 0 Å². The predicted molar refractivity (Wildman–Crippen MR) is 114 cm³/mol. The maximum Gasteiger partial charge on any atom is 0.163 e. The Labute approximate surface area is 166 Å². The van der Waals surface area contributed by atoms with Crippen molar-refractivity contribution in [2.45, 2.75) is 19.3 Å². The molecule has 0 saturated carbocycles. The third-order valence-electron chi connectivity index (χ3n) is 5.03. The van der Waals surface area contributed by atoms with E-state index in [1.807, 2.05) is 30.3 Å². The molecule has 0 amide bonds. The molecule has 1 saturated heterocycles. The van der Waals surface area contributed by atoms with E-state index < -0.39 is 0 Å². The molecule has 1 aromatic heterocycles. The van der Waals surface area contributed by atoms with Crippen molar-refractivity contribution >= 4 is 11.6 Å². The molecule has 3 aromatic rings. The SMILES string of the molecule is COc1cccc(CCNc2cc(N3CCCC3)nc(-c3ccccc3)n2)c1. The molecule has 4 rings (SSSR count). The van der Waals surface area contributed by atoms with E-state index in [1.54, 1.807) is 7.11 Å². The molecule has 0 spiro atoms. The fraction of sp³-hybridized carbons (Fsp3) is 0.304. The number of anilines is 2. The van der Waals surface area contributed by atoms with Gasteiger partial charge in [0.15, 0.2) is 5.82 Å². The van der Waals surface area contributed by atoms with Gasteiger partial charge in [-0.05, 0) is 37.0 Å². The van der Waals surface area contributed by atoms with Gasteiger partial charge in [0.2, 0.25) is 0 Å². The highest BCUT2D eigenvalue weighted by Gasteiger charge is 2.16. The molecule has 144 valence electrons. The van der Waals surface area contributed by atoms with Crippen molar-refractivity contribution in [2.75, 3.05) is 37.0 Å². The van der Waals surface area contributed by atoms with E-state index in [9.17, 15) is 0 Å². The fourth-order valence-electron chi connectivity index (χ4n) is 3.51. The Hall–Kier alpha value is -3.08. The normalized spacial score (nSPS) is 13.5. The largest absolute Gasteiger partial charge is 0.497 e. The monoisotopic (exact) mass is 374 g/mol. The summed E-state index contributed by atoms with van der Waals surface area (Å²) in [5.41, 5.74) is 2.28. The van der Waals surface area contributed by atoms with Crippen LogP contribution in [0.1, 0.15) is 18.4 Å². The lowest BCUT2D eigenvalue weighted by Gasteiger charge is -2.18. The number of benzene rings is 2. The third kappa shape index (κ3) is 4.42. The van der Waals surface area contributed by atoms with E-state index in [2.05, 4.69) is 40.5 Å². The highest BCUT2D eigenvalue weighted by Crippen LogP contribution is 2.25. The molecular weight excluding hydrogens is 348 g/mol. The second kappa shape index (κ2) is 8.74. The van der Waals surface area contributed by atoms with Gasteiger partial charge in [-0.2, -0.15) is 0 Å². The van der Waals surface area contributed by atoms with Crippen LogP contribution in [0.15, 0.2) is 60.7 Å². The average Bonchev–Trinajstić information content (AvgIpc) is 3.29. The van der Waals surface area contributed by atoms with Crippen LogP contribution in [-0.4, -0.2) is 36.7 Å². The van der Waals surface area contributed by atoms with Crippen LogP contribution < -0.4 is 15.0 Å². The summed E-state index contributed by atoms with van der Waals surface area (Å²) in [6.07, 6.45) is 3.35. The molecular formula is C23H26N4O. The lowest BCUT2D eigenvalue weighted by molar-refractivity contribution is 0.414. The summed E-state index contributed by atoms with van der Waals surface area (Å²) >= 11 is 0. The Morgan fingerprint density at radius 1 is 0.964 bits per heavy atom. The Bertz CT molecular complexity index is 907. The number of rotatable bonds is 7. The van der Waals surface area contributed by atoms with Crippen molar-refractivity contribution in [3.8, 4) is 17.1 Å². The number of aromatic nitrogens is 2. The average molecular weight is 374 g/mol. The molecule has 1 aliphatic heterocycles. The van der Waals surface area contributed by atoms with Gasteiger partial charge >= 0.3 is 0 Å². The summed E-state index contributed by atoms with van der Waals surface area (Å²) in [6, 6.07) is 20.4. The van der Waals surface area contributed by atoms with Gasteiger partial charge < -0.3 is 15.0 Å². The van der Waals surface area contributed by atoms with Crippen LogP contribution in [0.25, 0.3) is 11.4 Å². The summed E-state index contributed by atoms with van der Waals surface area (Å²) in [7, 11) is 1.70. The maximum absolute atomic E-state index is 5.31. The first-order valence-corrected chi connectivity index (χ1v) is 9.88. The van der Waals surface area contributed by atoms with Gasteiger partial charge in [0.25, 0.3) is 0 Å². The van der Waals surface area contributed by atoms with Crippen LogP contribution in [0.4, 0.5) is 11.6 Å². The van der Waals surface area contributed by atoms with E-state index in [1.165, 1.54) is 18.4 Å². The van der Waals surface area contributed by atoms with Crippen LogP contribution >= 0.6 is 0 Å². The molecule has 1 N–H and O–H groups in total. The van der Waals surface area contributed by atoms with Gasteiger partial charge in [0.1, 0.15) is 17.4 Å². The van der Waals surface area contributed by atoms with Crippen molar-refractivity contribution in [2.24, 2.45) is 0 Å². The number of hydrogen-bond acceptors (Lipinski definition) is 5. The summed E-state index contributed by atoms with van der Waals surface area (Å²) in [5, 5.41) is 3.49. The molecule has 1 aliphatic rings. The quantitative estimate of drug-likeness (QED) is 0.664. The summed E-state index contributed by atoms with van der Waals surface area (Å²) in [6.45, 7) is 2.93. The minimum Gasteiger partial charge on any atom is -0.497 e. The van der Waals surface area contributed by atoms with Crippen molar-refractivity contribution in [1.82, 2.24) is 9.97 Å². The van der Waals surface area contributed by atoms with Gasteiger partial charge in [0.05, 0.1) is 7.11 Å². The summed E-state index contributed by atoms with van der Waals surface area (Å²) in [4.78, 5) is 11.9. The first-order valence-electron chi connectivity index (χ1n) is 9.88. The molecule has 0 atom stereocenters. The number of hydrogen-bond donors (Lipinski definition) is 1. The molecule has 5 nitrogen and oxygen atoms in total. The van der Waals surface area contributed by atoms with Crippen LogP contribution in [-0.2, 0) is 6.42 Å². The predicted octanol–water partition coefficient (Wildman–Crippen LogP) is 4.41. The maximum atomic E-state index is 5.31. The molecule has 2 aromatic carbocycles. The van der Waals surface area contributed by atoms with E-state index in [4.69, 9.17) is 14.7 Å². The Kier molecular flexibility index (Phi) is 5.71. The zero-order valence-electron chi connectivity index (χ0n) is 16.3. The number of methoxy groups -OCH3 is 1. The van der Waals surface area contributed by atoms with Crippen LogP contribution in [0, 0.1) is 0 Å². The van der Waals surface area contributed by atoms with Crippen molar-refractivity contribution in [1.29, 1.82) is 0 Å². The van der Waals surface area contributed by atoms with E-state index >= 15 is 0 Å². The molecule has 5 heteroatoms. The standard InChI is InChI=1S/C23H26N4O/c1-28-20-11-7-8-18(16-20)12-13-24-21-17-22(27-14-5-6-15-27)26-23(25-21)19-9-3-2-4-10-19/h2-4,7-11,16-17H,5-6,12-15H2,1H3,(H,24,25,26).